The minimum absolute atomic E-state index is 0.666. The SMILES string of the molecule is Br/C=[C]1/[Se]C=[C](Br)[Ge]12[CH2]CCC[CH2]2. The van der Waals surface area contributed by atoms with Crippen molar-refractivity contribution in [1.29, 1.82) is 0 Å². The molecular formula is C9H12Br2GeSe. The van der Waals surface area contributed by atoms with Crippen molar-refractivity contribution in [2.24, 2.45) is 0 Å². The molecular weight excluding hydrogens is 419 g/mol. The van der Waals surface area contributed by atoms with Gasteiger partial charge in [-0.25, -0.2) is 0 Å². The molecule has 0 atom stereocenters. The van der Waals surface area contributed by atoms with Gasteiger partial charge in [0.15, 0.2) is 0 Å². The molecule has 4 heteroatoms. The van der Waals surface area contributed by atoms with Crippen molar-refractivity contribution in [2.45, 2.75) is 29.8 Å². The van der Waals surface area contributed by atoms with Crippen LogP contribution in [0.25, 0.3) is 0 Å². The Morgan fingerprint density at radius 1 is 1.31 bits per heavy atom. The summed E-state index contributed by atoms with van der Waals surface area (Å²) in [4.78, 5) is 4.73. The monoisotopic (exact) mass is 432 g/mol. The summed E-state index contributed by atoms with van der Waals surface area (Å²) in [6.07, 6.45) is 4.42. The molecule has 13 heavy (non-hydrogen) atoms. The van der Waals surface area contributed by atoms with Gasteiger partial charge in [0.2, 0.25) is 0 Å². The van der Waals surface area contributed by atoms with Crippen LogP contribution in [0.2, 0.25) is 10.5 Å². The summed E-state index contributed by atoms with van der Waals surface area (Å²) in [6.45, 7) is 0. The van der Waals surface area contributed by atoms with Gasteiger partial charge in [-0.2, -0.15) is 0 Å². The van der Waals surface area contributed by atoms with E-state index in [4.69, 9.17) is 0 Å². The third-order valence-electron chi connectivity index (χ3n) is 3.02. The molecule has 0 aromatic rings. The number of halogens is 2. The first-order chi connectivity index (χ1) is 6.29. The van der Waals surface area contributed by atoms with E-state index < -0.39 is 13.3 Å². The number of rotatable bonds is 0. The van der Waals surface area contributed by atoms with Gasteiger partial charge in [0.05, 0.1) is 0 Å². The maximum absolute atomic E-state index is 3.84. The Kier molecular flexibility index (Phi) is 3.86. The maximum atomic E-state index is 3.84. The molecule has 0 saturated carbocycles. The molecule has 2 aliphatic rings. The van der Waals surface area contributed by atoms with Crippen LogP contribution < -0.4 is 0 Å². The van der Waals surface area contributed by atoms with Gasteiger partial charge in [-0.15, -0.1) is 0 Å². The predicted molar refractivity (Wildman–Crippen MR) is 69.0 cm³/mol. The van der Waals surface area contributed by atoms with E-state index in [1.54, 1.807) is 3.31 Å². The second-order valence-electron chi connectivity index (χ2n) is 3.70. The van der Waals surface area contributed by atoms with Crippen LogP contribution in [0.15, 0.2) is 16.6 Å². The van der Waals surface area contributed by atoms with E-state index in [1.165, 1.54) is 29.8 Å². The molecule has 0 unspecified atom stereocenters. The molecule has 0 radical (unpaired) electrons. The van der Waals surface area contributed by atoms with Gasteiger partial charge in [0.25, 0.3) is 0 Å². The van der Waals surface area contributed by atoms with E-state index in [0.717, 1.165) is 0 Å². The Morgan fingerprint density at radius 3 is 2.62 bits per heavy atom. The first-order valence-corrected chi connectivity index (χ1v) is 13.3. The van der Waals surface area contributed by atoms with Crippen molar-refractivity contribution in [2.75, 3.05) is 0 Å². The van der Waals surface area contributed by atoms with E-state index in [-0.39, 0.29) is 0 Å². The van der Waals surface area contributed by atoms with Gasteiger partial charge in [-0.3, -0.25) is 0 Å². The third kappa shape index (κ3) is 1.92. The van der Waals surface area contributed by atoms with Crippen molar-refractivity contribution >= 4 is 60.1 Å². The standard InChI is InChI=1S/C9H12Br2GeSe/c10-6-9-12(8(11)7-13-9)4-2-1-3-5-12/h6-7H,1-5H2/b9-6+. The quantitative estimate of drug-likeness (QED) is 0.511. The van der Waals surface area contributed by atoms with Crippen LogP contribution in [-0.2, 0) is 0 Å². The van der Waals surface area contributed by atoms with Gasteiger partial charge in [-0.05, 0) is 0 Å². The normalized spacial score (nSPS) is 29.7. The Labute approximate surface area is 105 Å². The van der Waals surface area contributed by atoms with Crippen molar-refractivity contribution in [1.82, 2.24) is 0 Å². The molecule has 0 N–H and O–H groups in total. The summed E-state index contributed by atoms with van der Waals surface area (Å²) in [7, 11) is 0. The second-order valence-corrected chi connectivity index (χ2v) is 19.1. The molecule has 0 aromatic heterocycles. The topological polar surface area (TPSA) is 0 Å². The van der Waals surface area contributed by atoms with E-state index in [0.29, 0.717) is 15.0 Å². The van der Waals surface area contributed by atoms with Gasteiger partial charge in [0, 0.05) is 0 Å². The number of hydrogen-bond donors (Lipinski definition) is 0. The molecule has 72 valence electrons. The van der Waals surface area contributed by atoms with Crippen LogP contribution in [0, 0.1) is 0 Å². The summed E-state index contributed by atoms with van der Waals surface area (Å²) in [6, 6.07) is 0. The van der Waals surface area contributed by atoms with Crippen molar-refractivity contribution in [3.8, 4) is 0 Å². The Balaban J connectivity index is 2.30. The third-order valence-corrected chi connectivity index (χ3v) is 27.5. The molecule has 0 aromatic carbocycles. The van der Waals surface area contributed by atoms with E-state index in [2.05, 4.69) is 41.8 Å². The molecule has 1 saturated heterocycles. The van der Waals surface area contributed by atoms with Crippen LogP contribution in [0.1, 0.15) is 19.3 Å². The molecule has 0 amide bonds. The van der Waals surface area contributed by atoms with Gasteiger partial charge < -0.3 is 0 Å². The van der Waals surface area contributed by atoms with Gasteiger partial charge in [-0.1, -0.05) is 0 Å². The zero-order chi connectivity index (χ0) is 9.31. The summed E-state index contributed by atoms with van der Waals surface area (Å²) >= 11 is 6.39. The molecule has 2 aliphatic heterocycles. The van der Waals surface area contributed by atoms with Gasteiger partial charge >= 0.3 is 106 Å². The first-order valence-electron chi connectivity index (χ1n) is 4.63. The molecule has 2 heterocycles. The molecule has 0 nitrogen and oxygen atoms in total. The Morgan fingerprint density at radius 2 is 2.00 bits per heavy atom. The van der Waals surface area contributed by atoms with Crippen molar-refractivity contribution in [3.63, 3.8) is 0 Å². The van der Waals surface area contributed by atoms with Crippen LogP contribution in [0.3, 0.4) is 0 Å². The van der Waals surface area contributed by atoms with E-state index >= 15 is 0 Å². The summed E-state index contributed by atoms with van der Waals surface area (Å²) < 4.78 is 3.47. The Hall–Kier alpha value is 1.50. The predicted octanol–water partition coefficient (Wildman–Crippen LogP) is 3.89. The first kappa shape index (κ1) is 11.0. The fraction of sp³-hybridized carbons (Fsp3) is 0.556. The number of hydrogen-bond acceptors (Lipinski definition) is 0. The van der Waals surface area contributed by atoms with E-state index in [1.807, 2.05) is 3.30 Å². The fourth-order valence-corrected chi connectivity index (χ4v) is 28.5. The summed E-state index contributed by atoms with van der Waals surface area (Å²) in [5.74, 6) is 0. The fourth-order valence-electron chi connectivity index (χ4n) is 2.23. The van der Waals surface area contributed by atoms with Crippen molar-refractivity contribution in [3.05, 3.63) is 16.6 Å². The molecule has 0 bridgehead atoms. The summed E-state index contributed by atoms with van der Waals surface area (Å²) in [5, 5.41) is 3.08. The zero-order valence-electron chi connectivity index (χ0n) is 7.35. The van der Waals surface area contributed by atoms with Crippen LogP contribution in [0.5, 0.6) is 0 Å². The molecule has 1 spiro atoms. The van der Waals surface area contributed by atoms with E-state index in [9.17, 15) is 0 Å². The van der Waals surface area contributed by atoms with Crippen LogP contribution >= 0.6 is 31.9 Å². The average Bonchev–Trinajstić information content (AvgIpc) is 2.46. The average molecular weight is 432 g/mol. The zero-order valence-corrected chi connectivity index (χ0v) is 14.3. The van der Waals surface area contributed by atoms with Crippen molar-refractivity contribution < 1.29 is 0 Å². The second kappa shape index (κ2) is 4.56. The molecule has 1 fully saturated rings. The molecule has 0 aliphatic carbocycles. The molecule has 2 rings (SSSR count). The Bertz CT molecular complexity index is 267. The van der Waals surface area contributed by atoms with Crippen LogP contribution in [-0.4, -0.2) is 28.2 Å². The van der Waals surface area contributed by atoms with Crippen LogP contribution in [0.4, 0.5) is 0 Å². The minimum atomic E-state index is -1.68. The summed E-state index contributed by atoms with van der Waals surface area (Å²) in [5.41, 5.74) is 0. The van der Waals surface area contributed by atoms with Gasteiger partial charge in [0.1, 0.15) is 0 Å².